The second-order valence-corrected chi connectivity index (χ2v) is 4.27. The van der Waals surface area contributed by atoms with Crippen LogP contribution in [-0.4, -0.2) is 29.5 Å². The SMILES string of the molecule is CCn1cc(I)cc1C(=O)N(C)C. The molecule has 1 amide bonds. The summed E-state index contributed by atoms with van der Waals surface area (Å²) in [6.45, 7) is 2.86. The van der Waals surface area contributed by atoms with Gasteiger partial charge in [-0.15, -0.1) is 0 Å². The minimum absolute atomic E-state index is 0.0600. The number of halogens is 1. The van der Waals surface area contributed by atoms with Gasteiger partial charge in [-0.2, -0.15) is 0 Å². The van der Waals surface area contributed by atoms with Crippen LogP contribution in [-0.2, 0) is 6.54 Å². The van der Waals surface area contributed by atoms with E-state index in [-0.39, 0.29) is 5.91 Å². The first-order chi connectivity index (χ1) is 6.06. The summed E-state index contributed by atoms with van der Waals surface area (Å²) in [5, 5.41) is 0. The minimum atomic E-state index is 0.0600. The second-order valence-electron chi connectivity index (χ2n) is 3.03. The van der Waals surface area contributed by atoms with Crippen LogP contribution in [0.1, 0.15) is 17.4 Å². The summed E-state index contributed by atoms with van der Waals surface area (Å²) >= 11 is 2.21. The maximum Gasteiger partial charge on any atom is 0.269 e. The van der Waals surface area contributed by atoms with Gasteiger partial charge in [0.1, 0.15) is 5.69 Å². The molecule has 0 fully saturated rings. The number of carbonyl (C=O) groups excluding carboxylic acids is 1. The molecule has 3 nitrogen and oxygen atoms in total. The van der Waals surface area contributed by atoms with Crippen molar-refractivity contribution in [2.45, 2.75) is 13.5 Å². The first-order valence-corrected chi connectivity index (χ1v) is 5.21. The van der Waals surface area contributed by atoms with Gasteiger partial charge in [0.05, 0.1) is 0 Å². The van der Waals surface area contributed by atoms with E-state index in [9.17, 15) is 4.79 Å². The normalized spacial score (nSPS) is 10.2. The number of rotatable bonds is 2. The van der Waals surface area contributed by atoms with Crippen LogP contribution in [0.5, 0.6) is 0 Å². The monoisotopic (exact) mass is 292 g/mol. The van der Waals surface area contributed by atoms with E-state index in [1.54, 1.807) is 19.0 Å². The lowest BCUT2D eigenvalue weighted by molar-refractivity contribution is 0.0817. The van der Waals surface area contributed by atoms with Gasteiger partial charge in [0.25, 0.3) is 5.91 Å². The summed E-state index contributed by atoms with van der Waals surface area (Å²) < 4.78 is 3.06. The quantitative estimate of drug-likeness (QED) is 0.763. The topological polar surface area (TPSA) is 25.2 Å². The van der Waals surface area contributed by atoms with Crippen molar-refractivity contribution < 1.29 is 4.79 Å². The predicted molar refractivity (Wildman–Crippen MR) is 60.8 cm³/mol. The molecular formula is C9H13IN2O. The van der Waals surface area contributed by atoms with E-state index >= 15 is 0 Å². The van der Waals surface area contributed by atoms with Crippen LogP contribution in [0.4, 0.5) is 0 Å². The highest BCUT2D eigenvalue weighted by Crippen LogP contribution is 2.12. The molecule has 0 aliphatic rings. The van der Waals surface area contributed by atoms with E-state index < -0.39 is 0 Å². The van der Waals surface area contributed by atoms with Crippen LogP contribution >= 0.6 is 22.6 Å². The van der Waals surface area contributed by atoms with Crippen LogP contribution in [0.25, 0.3) is 0 Å². The average molecular weight is 292 g/mol. The minimum Gasteiger partial charge on any atom is -0.343 e. The maximum absolute atomic E-state index is 11.6. The molecule has 0 radical (unpaired) electrons. The van der Waals surface area contributed by atoms with Crippen molar-refractivity contribution in [1.82, 2.24) is 9.47 Å². The largest absolute Gasteiger partial charge is 0.343 e. The van der Waals surface area contributed by atoms with Crippen LogP contribution in [0.15, 0.2) is 12.3 Å². The summed E-state index contributed by atoms with van der Waals surface area (Å²) in [7, 11) is 3.53. The molecule has 0 N–H and O–H groups in total. The Morgan fingerprint density at radius 2 is 2.23 bits per heavy atom. The smallest absolute Gasteiger partial charge is 0.269 e. The van der Waals surface area contributed by atoms with Crippen LogP contribution in [0.2, 0.25) is 0 Å². The van der Waals surface area contributed by atoms with Gasteiger partial charge in [0.15, 0.2) is 0 Å². The molecule has 0 aliphatic heterocycles. The Morgan fingerprint density at radius 3 is 2.69 bits per heavy atom. The molecule has 13 heavy (non-hydrogen) atoms. The first kappa shape index (κ1) is 10.6. The molecule has 1 aromatic heterocycles. The molecule has 0 atom stereocenters. The Labute approximate surface area is 91.9 Å². The summed E-state index contributed by atoms with van der Waals surface area (Å²) in [6.07, 6.45) is 1.98. The Hall–Kier alpha value is -0.520. The van der Waals surface area contributed by atoms with Crippen molar-refractivity contribution in [2.24, 2.45) is 0 Å². The molecule has 0 unspecified atom stereocenters. The molecule has 0 aromatic carbocycles. The number of aryl methyl sites for hydroxylation is 1. The molecule has 0 bridgehead atoms. The Balaban J connectivity index is 3.05. The average Bonchev–Trinajstić information content (AvgIpc) is 2.45. The fraction of sp³-hybridized carbons (Fsp3) is 0.444. The molecule has 1 heterocycles. The fourth-order valence-electron chi connectivity index (χ4n) is 1.14. The van der Waals surface area contributed by atoms with Crippen LogP contribution in [0, 0.1) is 3.57 Å². The van der Waals surface area contributed by atoms with Crippen LogP contribution < -0.4 is 0 Å². The lowest BCUT2D eigenvalue weighted by atomic mass is 10.4. The number of aromatic nitrogens is 1. The lowest BCUT2D eigenvalue weighted by Crippen LogP contribution is -2.24. The summed E-state index contributed by atoms with van der Waals surface area (Å²) in [5.74, 6) is 0.0600. The fourth-order valence-corrected chi connectivity index (χ4v) is 1.78. The van der Waals surface area contributed by atoms with Gasteiger partial charge in [0.2, 0.25) is 0 Å². The van der Waals surface area contributed by atoms with Crippen molar-refractivity contribution in [3.8, 4) is 0 Å². The Morgan fingerprint density at radius 1 is 1.62 bits per heavy atom. The number of nitrogens with zero attached hydrogens (tertiary/aromatic N) is 2. The molecule has 1 aromatic rings. The van der Waals surface area contributed by atoms with Gasteiger partial charge in [0, 0.05) is 30.4 Å². The zero-order valence-corrected chi connectivity index (χ0v) is 10.2. The third-order valence-corrected chi connectivity index (χ3v) is 2.42. The molecular weight excluding hydrogens is 279 g/mol. The molecule has 0 spiro atoms. The number of carbonyl (C=O) groups is 1. The van der Waals surface area contributed by atoms with E-state index in [1.165, 1.54) is 0 Å². The molecule has 0 saturated carbocycles. The highest BCUT2D eigenvalue weighted by atomic mass is 127. The second kappa shape index (κ2) is 4.13. The van der Waals surface area contributed by atoms with Gasteiger partial charge in [-0.05, 0) is 35.6 Å². The van der Waals surface area contributed by atoms with E-state index in [0.717, 1.165) is 15.8 Å². The van der Waals surface area contributed by atoms with Gasteiger partial charge < -0.3 is 9.47 Å². The van der Waals surface area contributed by atoms with Gasteiger partial charge in [-0.3, -0.25) is 4.79 Å². The molecule has 0 aliphatic carbocycles. The highest BCUT2D eigenvalue weighted by Gasteiger charge is 2.13. The Kier molecular flexibility index (Phi) is 3.35. The summed E-state index contributed by atoms with van der Waals surface area (Å²) in [6, 6.07) is 1.91. The van der Waals surface area contributed by atoms with Crippen molar-refractivity contribution in [2.75, 3.05) is 14.1 Å². The summed E-state index contributed by atoms with van der Waals surface area (Å²) in [4.78, 5) is 13.2. The zero-order chi connectivity index (χ0) is 10.0. The van der Waals surface area contributed by atoms with E-state index in [2.05, 4.69) is 22.6 Å². The third kappa shape index (κ3) is 2.24. The van der Waals surface area contributed by atoms with E-state index in [1.807, 2.05) is 23.8 Å². The predicted octanol–water partition coefficient (Wildman–Crippen LogP) is 1.81. The first-order valence-electron chi connectivity index (χ1n) is 4.13. The number of hydrogen-bond acceptors (Lipinski definition) is 1. The van der Waals surface area contributed by atoms with Gasteiger partial charge in [-0.25, -0.2) is 0 Å². The molecule has 1 rings (SSSR count). The van der Waals surface area contributed by atoms with Crippen molar-refractivity contribution in [3.63, 3.8) is 0 Å². The standard InChI is InChI=1S/C9H13IN2O/c1-4-12-6-7(10)5-8(12)9(13)11(2)3/h5-6H,4H2,1-3H3. The molecule has 0 saturated heterocycles. The van der Waals surface area contributed by atoms with E-state index in [4.69, 9.17) is 0 Å². The van der Waals surface area contributed by atoms with Crippen LogP contribution in [0.3, 0.4) is 0 Å². The Bertz CT molecular complexity index is 317. The van der Waals surface area contributed by atoms with E-state index in [0.29, 0.717) is 0 Å². The highest BCUT2D eigenvalue weighted by molar-refractivity contribution is 14.1. The van der Waals surface area contributed by atoms with Gasteiger partial charge in [-0.1, -0.05) is 0 Å². The zero-order valence-electron chi connectivity index (χ0n) is 8.04. The summed E-state index contributed by atoms with van der Waals surface area (Å²) in [5.41, 5.74) is 0.761. The number of hydrogen-bond donors (Lipinski definition) is 0. The van der Waals surface area contributed by atoms with Gasteiger partial charge >= 0.3 is 0 Å². The number of amides is 1. The van der Waals surface area contributed by atoms with Crippen molar-refractivity contribution >= 4 is 28.5 Å². The lowest BCUT2D eigenvalue weighted by Gasteiger charge is -2.11. The molecule has 4 heteroatoms. The third-order valence-electron chi connectivity index (χ3n) is 1.83. The van der Waals surface area contributed by atoms with Crippen molar-refractivity contribution in [3.05, 3.63) is 21.5 Å². The molecule has 72 valence electrons. The maximum atomic E-state index is 11.6. The van der Waals surface area contributed by atoms with Crippen molar-refractivity contribution in [1.29, 1.82) is 0 Å².